The van der Waals surface area contributed by atoms with Crippen LogP contribution in [0.25, 0.3) is 0 Å². The van der Waals surface area contributed by atoms with Gasteiger partial charge in [0.2, 0.25) is 11.8 Å². The highest BCUT2D eigenvalue weighted by molar-refractivity contribution is 5.97. The largest absolute Gasteiger partial charge is 0.326 e. The van der Waals surface area contributed by atoms with Crippen molar-refractivity contribution in [3.05, 3.63) is 23.8 Å². The van der Waals surface area contributed by atoms with Gasteiger partial charge < -0.3 is 16.4 Å². The van der Waals surface area contributed by atoms with E-state index in [4.69, 9.17) is 5.73 Å². The number of nitrogens with one attached hydrogen (secondary N) is 2. The number of fused-ring (bicyclic) bond motifs is 1. The molecule has 0 bridgehead atoms. The molecule has 0 aromatic heterocycles. The molecule has 1 aromatic rings. The van der Waals surface area contributed by atoms with Crippen LogP contribution in [0.15, 0.2) is 18.2 Å². The van der Waals surface area contributed by atoms with E-state index in [1.165, 1.54) is 0 Å². The van der Waals surface area contributed by atoms with Gasteiger partial charge in [0.15, 0.2) is 0 Å². The number of anilines is 2. The number of carbonyl (C=O) groups is 2. The van der Waals surface area contributed by atoms with Crippen LogP contribution in [0, 0.1) is 5.92 Å². The van der Waals surface area contributed by atoms with Crippen molar-refractivity contribution in [1.82, 2.24) is 0 Å². The van der Waals surface area contributed by atoms with Crippen molar-refractivity contribution in [1.29, 1.82) is 0 Å². The van der Waals surface area contributed by atoms with Gasteiger partial charge >= 0.3 is 0 Å². The van der Waals surface area contributed by atoms with Gasteiger partial charge in [-0.2, -0.15) is 0 Å². The first-order valence-corrected chi connectivity index (χ1v) is 6.95. The Bertz CT molecular complexity index is 526. The van der Waals surface area contributed by atoms with Gasteiger partial charge in [-0.3, -0.25) is 9.59 Å². The van der Waals surface area contributed by atoms with E-state index in [1.54, 1.807) is 6.07 Å². The van der Waals surface area contributed by atoms with Gasteiger partial charge in [0.05, 0.1) is 6.04 Å². The molecule has 0 fully saturated rings. The minimum absolute atomic E-state index is 0.0354. The molecule has 0 radical (unpaired) electrons. The van der Waals surface area contributed by atoms with Crippen LogP contribution in [0.5, 0.6) is 0 Å². The van der Waals surface area contributed by atoms with Crippen LogP contribution in [0.4, 0.5) is 11.4 Å². The van der Waals surface area contributed by atoms with E-state index >= 15 is 0 Å². The van der Waals surface area contributed by atoms with E-state index in [9.17, 15) is 9.59 Å². The predicted molar refractivity (Wildman–Crippen MR) is 79.5 cm³/mol. The van der Waals surface area contributed by atoms with Crippen LogP contribution in [0.1, 0.15) is 32.3 Å². The lowest BCUT2D eigenvalue weighted by Gasteiger charge is -2.19. The Morgan fingerprint density at radius 1 is 1.40 bits per heavy atom. The Hall–Kier alpha value is -1.88. The topological polar surface area (TPSA) is 84.2 Å². The zero-order valence-electron chi connectivity index (χ0n) is 11.9. The third-order valence-electron chi connectivity index (χ3n) is 3.33. The van der Waals surface area contributed by atoms with E-state index < -0.39 is 6.04 Å². The molecule has 5 nitrogen and oxygen atoms in total. The smallest absolute Gasteiger partial charge is 0.241 e. The average Bonchev–Trinajstić information content (AvgIpc) is 2.38. The predicted octanol–water partition coefficient (Wildman–Crippen LogP) is 1.88. The molecular weight excluding hydrogens is 254 g/mol. The molecule has 0 aliphatic carbocycles. The Balaban J connectivity index is 2.03. The second-order valence-electron chi connectivity index (χ2n) is 5.65. The Labute approximate surface area is 118 Å². The van der Waals surface area contributed by atoms with Crippen LogP contribution in [0.2, 0.25) is 0 Å². The fraction of sp³-hybridized carbons (Fsp3) is 0.467. The van der Waals surface area contributed by atoms with Crippen molar-refractivity contribution in [3.8, 4) is 0 Å². The van der Waals surface area contributed by atoms with E-state index in [1.807, 2.05) is 26.0 Å². The van der Waals surface area contributed by atoms with Gasteiger partial charge in [-0.05, 0) is 42.5 Å². The molecular formula is C15H21N3O2. The maximum absolute atomic E-state index is 12.0. The molecule has 1 atom stereocenters. The van der Waals surface area contributed by atoms with Crippen molar-refractivity contribution in [2.75, 3.05) is 10.6 Å². The van der Waals surface area contributed by atoms with E-state index in [0.29, 0.717) is 25.2 Å². The summed E-state index contributed by atoms with van der Waals surface area (Å²) in [5.74, 6) is 0.251. The highest BCUT2D eigenvalue weighted by Crippen LogP contribution is 2.25. The molecule has 2 rings (SSSR count). The van der Waals surface area contributed by atoms with Crippen LogP contribution in [-0.4, -0.2) is 17.9 Å². The van der Waals surface area contributed by atoms with Crippen molar-refractivity contribution in [3.63, 3.8) is 0 Å². The molecule has 1 aliphatic heterocycles. The van der Waals surface area contributed by atoms with Crippen LogP contribution >= 0.6 is 0 Å². The standard InChI is InChI=1S/C15H21N3O2/c1-9(2)7-12(16)15(20)17-11-4-5-13-10(8-11)3-6-14(19)18-13/h4-5,8-9,12H,3,6-7,16H2,1-2H3,(H,17,20)(H,18,19)/t12-/m1/s1. The fourth-order valence-corrected chi connectivity index (χ4v) is 2.31. The van der Waals surface area contributed by atoms with Crippen LogP contribution in [-0.2, 0) is 16.0 Å². The highest BCUT2D eigenvalue weighted by atomic mass is 16.2. The first-order chi connectivity index (χ1) is 9.45. The number of hydrogen-bond donors (Lipinski definition) is 3. The van der Waals surface area contributed by atoms with Crippen LogP contribution in [0.3, 0.4) is 0 Å². The lowest BCUT2D eigenvalue weighted by atomic mass is 10.0. The van der Waals surface area contributed by atoms with Crippen molar-refractivity contribution in [2.45, 2.75) is 39.2 Å². The Morgan fingerprint density at radius 3 is 2.85 bits per heavy atom. The zero-order chi connectivity index (χ0) is 14.7. The first kappa shape index (κ1) is 14.5. The molecule has 0 saturated carbocycles. The summed E-state index contributed by atoms with van der Waals surface area (Å²) in [6.07, 6.45) is 1.84. The highest BCUT2D eigenvalue weighted by Gasteiger charge is 2.17. The molecule has 1 heterocycles. The lowest BCUT2D eigenvalue weighted by Crippen LogP contribution is -2.36. The van der Waals surface area contributed by atoms with Gasteiger partial charge in [-0.25, -0.2) is 0 Å². The maximum Gasteiger partial charge on any atom is 0.241 e. The van der Waals surface area contributed by atoms with Gasteiger partial charge in [-0.1, -0.05) is 13.8 Å². The molecule has 0 saturated heterocycles. The molecule has 108 valence electrons. The summed E-state index contributed by atoms with van der Waals surface area (Å²) in [7, 11) is 0. The molecule has 1 aromatic carbocycles. The van der Waals surface area contributed by atoms with Gasteiger partial charge in [0, 0.05) is 17.8 Å². The molecule has 2 amide bonds. The van der Waals surface area contributed by atoms with Crippen molar-refractivity contribution >= 4 is 23.2 Å². The maximum atomic E-state index is 12.0. The van der Waals surface area contributed by atoms with Crippen molar-refractivity contribution in [2.24, 2.45) is 11.7 Å². The normalized spacial score (nSPS) is 15.5. The number of rotatable bonds is 4. The van der Waals surface area contributed by atoms with Gasteiger partial charge in [-0.15, -0.1) is 0 Å². The SMILES string of the molecule is CC(C)C[C@@H](N)C(=O)Nc1ccc2c(c1)CCC(=O)N2. The monoisotopic (exact) mass is 275 g/mol. The summed E-state index contributed by atoms with van der Waals surface area (Å²) >= 11 is 0. The summed E-state index contributed by atoms with van der Waals surface area (Å²) in [4.78, 5) is 23.2. The summed E-state index contributed by atoms with van der Waals surface area (Å²) < 4.78 is 0. The second-order valence-corrected chi connectivity index (χ2v) is 5.65. The minimum Gasteiger partial charge on any atom is -0.326 e. The number of benzene rings is 1. The fourth-order valence-electron chi connectivity index (χ4n) is 2.31. The van der Waals surface area contributed by atoms with Crippen molar-refractivity contribution < 1.29 is 9.59 Å². The average molecular weight is 275 g/mol. The van der Waals surface area contributed by atoms with E-state index in [2.05, 4.69) is 10.6 Å². The number of carbonyl (C=O) groups excluding carboxylic acids is 2. The number of aryl methyl sites for hydroxylation is 1. The van der Waals surface area contributed by atoms with Gasteiger partial charge in [0.1, 0.15) is 0 Å². The molecule has 20 heavy (non-hydrogen) atoms. The molecule has 0 unspecified atom stereocenters. The van der Waals surface area contributed by atoms with E-state index in [0.717, 1.165) is 16.9 Å². The summed E-state index contributed by atoms with van der Waals surface area (Å²) in [5.41, 5.74) is 8.45. The number of nitrogens with two attached hydrogens (primary N) is 1. The first-order valence-electron chi connectivity index (χ1n) is 6.95. The number of hydrogen-bond acceptors (Lipinski definition) is 3. The quantitative estimate of drug-likeness (QED) is 0.784. The third kappa shape index (κ3) is 3.57. The molecule has 4 N–H and O–H groups in total. The third-order valence-corrected chi connectivity index (χ3v) is 3.33. The molecule has 0 spiro atoms. The minimum atomic E-state index is -0.495. The lowest BCUT2D eigenvalue weighted by molar-refractivity contribution is -0.118. The molecule has 5 heteroatoms. The second kappa shape index (κ2) is 6.05. The number of amides is 2. The summed E-state index contributed by atoms with van der Waals surface area (Å²) in [6.45, 7) is 4.07. The zero-order valence-corrected chi connectivity index (χ0v) is 11.9. The van der Waals surface area contributed by atoms with Gasteiger partial charge in [0.25, 0.3) is 0 Å². The Kier molecular flexibility index (Phi) is 4.39. The summed E-state index contributed by atoms with van der Waals surface area (Å²) in [6, 6.07) is 5.00. The Morgan fingerprint density at radius 2 is 2.15 bits per heavy atom. The molecule has 1 aliphatic rings. The van der Waals surface area contributed by atoms with Crippen LogP contribution < -0.4 is 16.4 Å². The van der Waals surface area contributed by atoms with E-state index in [-0.39, 0.29) is 11.8 Å². The summed E-state index contributed by atoms with van der Waals surface area (Å²) in [5, 5.41) is 5.64.